The van der Waals surface area contributed by atoms with Crippen LogP contribution in [0.15, 0.2) is 36.4 Å². The number of aromatic nitrogens is 3. The maximum atomic E-state index is 13.3. The van der Waals surface area contributed by atoms with Gasteiger partial charge in [-0.1, -0.05) is 17.7 Å². The van der Waals surface area contributed by atoms with Crippen molar-refractivity contribution in [2.45, 2.75) is 26.9 Å². The maximum Gasteiger partial charge on any atom is 0.311 e. The van der Waals surface area contributed by atoms with Gasteiger partial charge in [0.15, 0.2) is 0 Å². The number of halogens is 2. The Hall–Kier alpha value is -2.77. The van der Waals surface area contributed by atoms with Crippen LogP contribution >= 0.6 is 22.9 Å². The summed E-state index contributed by atoms with van der Waals surface area (Å²) in [5, 5.41) is 0.939. The van der Waals surface area contributed by atoms with Gasteiger partial charge in [0.2, 0.25) is 0 Å². The summed E-state index contributed by atoms with van der Waals surface area (Å²) in [6, 6.07) is 10.0. The SMILES string of the molecule is Cc1nc(-c2ccc(F)cc2Cl)sc1CC(=O)OCc1ccc2c(c1)nc(C)n2C. The molecule has 154 valence electrons. The van der Waals surface area contributed by atoms with Crippen molar-refractivity contribution in [1.29, 1.82) is 0 Å². The number of imidazole rings is 1. The fourth-order valence-corrected chi connectivity index (χ4v) is 4.57. The van der Waals surface area contributed by atoms with Gasteiger partial charge in [-0.2, -0.15) is 0 Å². The molecule has 0 saturated carbocycles. The first-order chi connectivity index (χ1) is 14.3. The summed E-state index contributed by atoms with van der Waals surface area (Å²) >= 11 is 7.49. The molecule has 5 nitrogen and oxygen atoms in total. The molecule has 0 unspecified atom stereocenters. The molecule has 0 aliphatic rings. The topological polar surface area (TPSA) is 57.0 Å². The second kappa shape index (κ2) is 8.16. The molecule has 0 fully saturated rings. The molecule has 0 aliphatic heterocycles. The zero-order valence-electron chi connectivity index (χ0n) is 16.7. The molecular weight excluding hydrogens is 425 g/mol. The van der Waals surface area contributed by atoms with Crippen LogP contribution in [0.5, 0.6) is 0 Å². The van der Waals surface area contributed by atoms with Crippen molar-refractivity contribution >= 4 is 39.9 Å². The van der Waals surface area contributed by atoms with Gasteiger partial charge in [-0.05, 0) is 49.7 Å². The minimum atomic E-state index is -0.403. The average molecular weight is 444 g/mol. The number of esters is 1. The third-order valence-corrected chi connectivity index (χ3v) is 6.43. The minimum absolute atomic E-state index is 0.118. The molecule has 4 rings (SSSR count). The molecule has 0 N–H and O–H groups in total. The summed E-state index contributed by atoms with van der Waals surface area (Å²) in [6.45, 7) is 3.96. The van der Waals surface area contributed by atoms with E-state index in [1.165, 1.54) is 23.5 Å². The van der Waals surface area contributed by atoms with Gasteiger partial charge in [0.25, 0.3) is 0 Å². The normalized spacial score (nSPS) is 11.2. The lowest BCUT2D eigenvalue weighted by atomic mass is 10.2. The highest BCUT2D eigenvalue weighted by Gasteiger charge is 2.16. The first-order valence-corrected chi connectivity index (χ1v) is 10.5. The molecule has 2 heterocycles. The molecular formula is C22H19ClFN3O2S. The van der Waals surface area contributed by atoms with Gasteiger partial charge in [0.1, 0.15) is 23.3 Å². The molecule has 0 atom stereocenters. The zero-order valence-corrected chi connectivity index (χ0v) is 18.3. The molecule has 8 heteroatoms. The van der Waals surface area contributed by atoms with Gasteiger partial charge >= 0.3 is 5.97 Å². The number of hydrogen-bond acceptors (Lipinski definition) is 5. The fourth-order valence-electron chi connectivity index (χ4n) is 3.17. The highest BCUT2D eigenvalue weighted by Crippen LogP contribution is 2.33. The van der Waals surface area contributed by atoms with Crippen molar-refractivity contribution in [2.75, 3.05) is 0 Å². The van der Waals surface area contributed by atoms with Gasteiger partial charge in [-0.3, -0.25) is 4.79 Å². The number of ether oxygens (including phenoxy) is 1. The Balaban J connectivity index is 1.43. The van der Waals surface area contributed by atoms with E-state index >= 15 is 0 Å². The summed E-state index contributed by atoms with van der Waals surface area (Å²) in [7, 11) is 1.97. The van der Waals surface area contributed by atoms with Crippen LogP contribution in [0.4, 0.5) is 4.39 Å². The number of nitrogens with zero attached hydrogens (tertiary/aromatic N) is 3. The molecule has 0 spiro atoms. The molecule has 4 aromatic rings. The first kappa shape index (κ1) is 20.5. The van der Waals surface area contributed by atoms with Crippen LogP contribution in [-0.4, -0.2) is 20.5 Å². The number of aryl methyl sites for hydroxylation is 3. The Bertz CT molecular complexity index is 1260. The lowest BCUT2D eigenvalue weighted by Gasteiger charge is -2.05. The maximum absolute atomic E-state index is 13.3. The largest absolute Gasteiger partial charge is 0.461 e. The quantitative estimate of drug-likeness (QED) is 0.388. The fraction of sp³-hybridized carbons (Fsp3) is 0.227. The Morgan fingerprint density at radius 1 is 1.20 bits per heavy atom. The summed E-state index contributed by atoms with van der Waals surface area (Å²) < 4.78 is 20.8. The summed E-state index contributed by atoms with van der Waals surface area (Å²) in [6.07, 6.45) is 0.118. The van der Waals surface area contributed by atoms with Crippen LogP contribution in [0.3, 0.4) is 0 Å². The molecule has 0 amide bonds. The zero-order chi connectivity index (χ0) is 21.4. The third-order valence-electron chi connectivity index (χ3n) is 4.93. The van der Waals surface area contributed by atoms with Crippen molar-refractivity contribution in [2.24, 2.45) is 7.05 Å². The van der Waals surface area contributed by atoms with Crippen LogP contribution in [0, 0.1) is 19.7 Å². The second-order valence-corrected chi connectivity index (χ2v) is 8.52. The predicted octanol–water partition coefficient (Wildman–Crippen LogP) is 5.39. The number of benzene rings is 2. The lowest BCUT2D eigenvalue weighted by molar-refractivity contribution is -0.144. The van der Waals surface area contributed by atoms with E-state index in [9.17, 15) is 9.18 Å². The Labute approximate surface area is 182 Å². The van der Waals surface area contributed by atoms with Crippen LogP contribution < -0.4 is 0 Å². The third kappa shape index (κ3) is 4.08. The summed E-state index contributed by atoms with van der Waals surface area (Å²) in [4.78, 5) is 22.2. The van der Waals surface area contributed by atoms with Gasteiger partial charge in [-0.15, -0.1) is 11.3 Å². The number of thiazole rings is 1. The monoisotopic (exact) mass is 443 g/mol. The van der Waals surface area contributed by atoms with Crippen LogP contribution in [0.2, 0.25) is 5.02 Å². The Kier molecular flexibility index (Phi) is 5.58. The predicted molar refractivity (Wildman–Crippen MR) is 116 cm³/mol. The minimum Gasteiger partial charge on any atom is -0.461 e. The van der Waals surface area contributed by atoms with E-state index in [0.29, 0.717) is 10.6 Å². The molecule has 30 heavy (non-hydrogen) atoms. The smallest absolute Gasteiger partial charge is 0.311 e. The molecule has 0 saturated heterocycles. The van der Waals surface area contributed by atoms with Crippen LogP contribution in [0.1, 0.15) is 22.0 Å². The van der Waals surface area contributed by atoms with Gasteiger partial charge in [0.05, 0.1) is 28.2 Å². The molecule has 0 aliphatic carbocycles. The Morgan fingerprint density at radius 2 is 2.00 bits per heavy atom. The lowest BCUT2D eigenvalue weighted by Crippen LogP contribution is -2.07. The van der Waals surface area contributed by atoms with E-state index in [2.05, 4.69) is 9.97 Å². The number of rotatable bonds is 5. The van der Waals surface area contributed by atoms with E-state index in [1.807, 2.05) is 43.7 Å². The number of carbonyl (C=O) groups is 1. The van der Waals surface area contributed by atoms with E-state index in [1.54, 1.807) is 6.07 Å². The van der Waals surface area contributed by atoms with Crippen molar-refractivity contribution in [3.05, 3.63) is 69.2 Å². The van der Waals surface area contributed by atoms with Crippen molar-refractivity contribution < 1.29 is 13.9 Å². The highest BCUT2D eigenvalue weighted by molar-refractivity contribution is 7.15. The van der Waals surface area contributed by atoms with Gasteiger partial charge in [-0.25, -0.2) is 14.4 Å². The highest BCUT2D eigenvalue weighted by atomic mass is 35.5. The van der Waals surface area contributed by atoms with Crippen molar-refractivity contribution in [3.8, 4) is 10.6 Å². The van der Waals surface area contributed by atoms with Gasteiger partial charge < -0.3 is 9.30 Å². The molecule has 0 bridgehead atoms. The van der Waals surface area contributed by atoms with Crippen molar-refractivity contribution in [3.63, 3.8) is 0 Å². The molecule has 2 aromatic heterocycles. The summed E-state index contributed by atoms with van der Waals surface area (Å²) in [5.41, 5.74) is 4.17. The molecule has 2 aromatic carbocycles. The second-order valence-electron chi connectivity index (χ2n) is 7.03. The first-order valence-electron chi connectivity index (χ1n) is 9.31. The van der Waals surface area contributed by atoms with E-state index in [-0.39, 0.29) is 24.0 Å². The van der Waals surface area contributed by atoms with E-state index < -0.39 is 5.82 Å². The van der Waals surface area contributed by atoms with Crippen LogP contribution in [-0.2, 0) is 29.6 Å². The van der Waals surface area contributed by atoms with Gasteiger partial charge in [0, 0.05) is 17.5 Å². The number of carbonyl (C=O) groups excluding carboxylic acids is 1. The average Bonchev–Trinajstić information content (AvgIpc) is 3.19. The Morgan fingerprint density at radius 3 is 2.77 bits per heavy atom. The molecule has 0 radical (unpaired) electrons. The number of hydrogen-bond donors (Lipinski definition) is 0. The number of fused-ring (bicyclic) bond motifs is 1. The van der Waals surface area contributed by atoms with E-state index in [0.717, 1.165) is 33.0 Å². The van der Waals surface area contributed by atoms with Crippen molar-refractivity contribution in [1.82, 2.24) is 14.5 Å². The van der Waals surface area contributed by atoms with E-state index in [4.69, 9.17) is 16.3 Å². The standard InChI is InChI=1S/C22H19ClFN3O2S/c1-12-20(30-22(25-12)16-6-5-15(24)9-17(16)23)10-21(28)29-11-14-4-7-19-18(8-14)26-13(2)27(19)3/h4-9H,10-11H2,1-3H3. The summed E-state index contributed by atoms with van der Waals surface area (Å²) in [5.74, 6) is 0.188. The van der Waals surface area contributed by atoms with Crippen LogP contribution in [0.25, 0.3) is 21.6 Å².